The van der Waals surface area contributed by atoms with Gasteiger partial charge in [0, 0.05) is 36.8 Å². The van der Waals surface area contributed by atoms with Crippen LogP contribution in [0.4, 0.5) is 0 Å². The summed E-state index contributed by atoms with van der Waals surface area (Å²) < 4.78 is 6.96. The van der Waals surface area contributed by atoms with Gasteiger partial charge in [-0.3, -0.25) is 4.79 Å². The van der Waals surface area contributed by atoms with E-state index in [4.69, 9.17) is 4.74 Å². The molecule has 0 saturated carbocycles. The maximum Gasteiger partial charge on any atom is 0.245 e. The fraction of sp³-hybridized carbons (Fsp3) is 0.400. The van der Waals surface area contributed by atoms with Gasteiger partial charge in [0.15, 0.2) is 0 Å². The van der Waals surface area contributed by atoms with Crippen LogP contribution in [0.5, 0.6) is 5.75 Å². The van der Waals surface area contributed by atoms with E-state index in [0.717, 1.165) is 12.3 Å². The molecule has 0 radical (unpaired) electrons. The van der Waals surface area contributed by atoms with Crippen LogP contribution in [-0.4, -0.2) is 44.1 Å². The van der Waals surface area contributed by atoms with Gasteiger partial charge in [-0.15, -0.1) is 0 Å². The maximum atomic E-state index is 11.3. The molecule has 0 fully saturated rings. The Morgan fingerprint density at radius 3 is 2.65 bits per heavy atom. The van der Waals surface area contributed by atoms with E-state index in [1.165, 1.54) is 3.57 Å². The fourth-order valence-corrected chi connectivity index (χ4v) is 1.83. The first-order chi connectivity index (χ1) is 9.49. The predicted molar refractivity (Wildman–Crippen MR) is 90.0 cm³/mol. The molecule has 0 heterocycles. The summed E-state index contributed by atoms with van der Waals surface area (Å²) in [7, 11) is 3.47. The lowest BCUT2D eigenvalue weighted by molar-refractivity contribution is -0.123. The van der Waals surface area contributed by atoms with Crippen LogP contribution < -0.4 is 10.1 Å². The van der Waals surface area contributed by atoms with Crippen molar-refractivity contribution in [1.82, 2.24) is 10.2 Å². The number of hydrogen-bond donors (Lipinski definition) is 1. The highest BCUT2D eigenvalue weighted by Crippen LogP contribution is 2.14. The van der Waals surface area contributed by atoms with Gasteiger partial charge in [-0.1, -0.05) is 6.08 Å². The second kappa shape index (κ2) is 8.97. The van der Waals surface area contributed by atoms with Crippen molar-refractivity contribution in [1.29, 1.82) is 0 Å². The normalized spacial score (nSPS) is 12.4. The molecular formula is C15H21IN2O2. The van der Waals surface area contributed by atoms with E-state index < -0.39 is 0 Å². The van der Waals surface area contributed by atoms with E-state index in [2.05, 4.69) is 27.9 Å². The van der Waals surface area contributed by atoms with Crippen molar-refractivity contribution >= 4 is 28.5 Å². The molecule has 1 unspecified atom stereocenters. The van der Waals surface area contributed by atoms with Gasteiger partial charge in [-0.25, -0.2) is 0 Å². The van der Waals surface area contributed by atoms with Crippen molar-refractivity contribution in [2.45, 2.75) is 13.0 Å². The molecule has 1 N–H and O–H groups in total. The Morgan fingerprint density at radius 1 is 1.40 bits per heavy atom. The molecule has 0 aliphatic heterocycles. The van der Waals surface area contributed by atoms with Gasteiger partial charge in [0.2, 0.25) is 5.91 Å². The van der Waals surface area contributed by atoms with Crippen LogP contribution in [0.1, 0.15) is 6.92 Å². The standard InChI is InChI=1S/C15H21IN2O2/c1-12(20-14-8-6-13(16)7-9-14)11-17-10-4-5-15(19)18(2)3/h4-9,12,17H,10-11H2,1-3H3/b5-4+. The summed E-state index contributed by atoms with van der Waals surface area (Å²) in [5.41, 5.74) is 0. The Morgan fingerprint density at radius 2 is 2.05 bits per heavy atom. The van der Waals surface area contributed by atoms with Crippen LogP contribution in [-0.2, 0) is 4.79 Å². The van der Waals surface area contributed by atoms with E-state index in [1.54, 1.807) is 25.1 Å². The number of carbonyl (C=O) groups excluding carboxylic acids is 1. The summed E-state index contributed by atoms with van der Waals surface area (Å²) in [5, 5.41) is 3.23. The highest BCUT2D eigenvalue weighted by atomic mass is 127. The second-order valence-electron chi connectivity index (χ2n) is 4.68. The third-order valence-corrected chi connectivity index (χ3v) is 3.27. The minimum Gasteiger partial charge on any atom is -0.489 e. The molecule has 5 heteroatoms. The number of amides is 1. The Hall–Kier alpha value is -1.08. The van der Waals surface area contributed by atoms with Crippen LogP contribution in [0.2, 0.25) is 0 Å². The summed E-state index contributed by atoms with van der Waals surface area (Å²) in [6.07, 6.45) is 3.46. The van der Waals surface area contributed by atoms with Gasteiger partial charge in [0.05, 0.1) is 0 Å². The minimum absolute atomic E-state index is 0.00464. The van der Waals surface area contributed by atoms with Crippen LogP contribution in [0.3, 0.4) is 0 Å². The van der Waals surface area contributed by atoms with Crippen molar-refractivity contribution < 1.29 is 9.53 Å². The van der Waals surface area contributed by atoms with Crippen LogP contribution in [0.15, 0.2) is 36.4 Å². The van der Waals surface area contributed by atoms with Crippen LogP contribution in [0.25, 0.3) is 0 Å². The smallest absolute Gasteiger partial charge is 0.245 e. The molecule has 0 aromatic heterocycles. The topological polar surface area (TPSA) is 41.6 Å². The Bertz CT molecular complexity index is 444. The third kappa shape index (κ3) is 6.91. The third-order valence-electron chi connectivity index (χ3n) is 2.55. The number of likely N-dealkylation sites (N-methyl/N-ethyl adjacent to an activating group) is 1. The van der Waals surface area contributed by atoms with Crippen molar-refractivity contribution in [2.24, 2.45) is 0 Å². The Balaban J connectivity index is 2.22. The molecule has 1 rings (SSSR count). The van der Waals surface area contributed by atoms with E-state index in [1.807, 2.05) is 37.3 Å². The van der Waals surface area contributed by atoms with Gasteiger partial charge in [0.1, 0.15) is 11.9 Å². The lowest BCUT2D eigenvalue weighted by Gasteiger charge is -2.15. The first-order valence-electron chi connectivity index (χ1n) is 6.50. The lowest BCUT2D eigenvalue weighted by Crippen LogP contribution is -2.29. The number of nitrogens with zero attached hydrogens (tertiary/aromatic N) is 1. The average Bonchev–Trinajstić information content (AvgIpc) is 2.40. The largest absolute Gasteiger partial charge is 0.489 e. The number of carbonyl (C=O) groups is 1. The highest BCUT2D eigenvalue weighted by molar-refractivity contribution is 14.1. The number of nitrogens with one attached hydrogen (secondary N) is 1. The van der Waals surface area contributed by atoms with Gasteiger partial charge in [-0.05, 0) is 53.8 Å². The summed E-state index contributed by atoms with van der Waals surface area (Å²) in [5.74, 6) is 0.869. The molecule has 1 atom stereocenters. The molecule has 1 aromatic rings. The number of hydrogen-bond acceptors (Lipinski definition) is 3. The molecule has 1 aromatic carbocycles. The number of benzene rings is 1. The minimum atomic E-state index is -0.00464. The monoisotopic (exact) mass is 388 g/mol. The van der Waals surface area contributed by atoms with Gasteiger partial charge in [-0.2, -0.15) is 0 Å². The molecule has 0 spiro atoms. The molecular weight excluding hydrogens is 367 g/mol. The van der Waals surface area contributed by atoms with Crippen molar-refractivity contribution in [3.8, 4) is 5.75 Å². The SMILES string of the molecule is CC(CNC/C=C/C(=O)N(C)C)Oc1ccc(I)cc1. The zero-order valence-corrected chi connectivity index (χ0v) is 14.3. The zero-order chi connectivity index (χ0) is 15.0. The van der Waals surface area contributed by atoms with Crippen molar-refractivity contribution in [3.63, 3.8) is 0 Å². The first-order valence-corrected chi connectivity index (χ1v) is 7.57. The van der Waals surface area contributed by atoms with Crippen molar-refractivity contribution in [2.75, 3.05) is 27.2 Å². The number of ether oxygens (including phenoxy) is 1. The average molecular weight is 388 g/mol. The first kappa shape index (κ1) is 17.0. The maximum absolute atomic E-state index is 11.3. The molecule has 110 valence electrons. The predicted octanol–water partition coefficient (Wildman–Crippen LogP) is 2.29. The van der Waals surface area contributed by atoms with Gasteiger partial charge >= 0.3 is 0 Å². The molecule has 0 bridgehead atoms. The van der Waals surface area contributed by atoms with E-state index in [9.17, 15) is 4.79 Å². The highest BCUT2D eigenvalue weighted by Gasteiger charge is 2.03. The molecule has 1 amide bonds. The summed E-state index contributed by atoms with van der Waals surface area (Å²) >= 11 is 2.27. The van der Waals surface area contributed by atoms with Gasteiger partial charge in [0.25, 0.3) is 0 Å². The molecule has 4 nitrogen and oxygen atoms in total. The lowest BCUT2D eigenvalue weighted by atomic mass is 10.3. The molecule has 0 saturated heterocycles. The molecule has 20 heavy (non-hydrogen) atoms. The quantitative estimate of drug-likeness (QED) is 0.443. The molecule has 0 aliphatic rings. The van der Waals surface area contributed by atoms with Crippen LogP contribution in [0, 0.1) is 3.57 Å². The number of rotatable bonds is 7. The van der Waals surface area contributed by atoms with Gasteiger partial charge < -0.3 is 15.0 Å². The Kier molecular flexibility index (Phi) is 7.61. The van der Waals surface area contributed by atoms with Crippen LogP contribution >= 0.6 is 22.6 Å². The zero-order valence-electron chi connectivity index (χ0n) is 12.1. The Labute approximate surface area is 134 Å². The van der Waals surface area contributed by atoms with E-state index in [-0.39, 0.29) is 12.0 Å². The molecule has 0 aliphatic carbocycles. The number of halogens is 1. The summed E-state index contributed by atoms with van der Waals surface area (Å²) in [4.78, 5) is 12.8. The summed E-state index contributed by atoms with van der Waals surface area (Å²) in [6.45, 7) is 3.39. The second-order valence-corrected chi connectivity index (χ2v) is 5.92. The fourth-order valence-electron chi connectivity index (χ4n) is 1.47. The van der Waals surface area contributed by atoms with Crippen molar-refractivity contribution in [3.05, 3.63) is 40.0 Å². The summed E-state index contributed by atoms with van der Waals surface area (Å²) in [6, 6.07) is 7.97. The van der Waals surface area contributed by atoms with E-state index >= 15 is 0 Å². The van der Waals surface area contributed by atoms with E-state index in [0.29, 0.717) is 6.54 Å².